The minimum Gasteiger partial charge on any atom is -0.466 e. The highest BCUT2D eigenvalue weighted by molar-refractivity contribution is 5.77. The quantitative estimate of drug-likeness (QED) is 0.460. The lowest BCUT2D eigenvalue weighted by molar-refractivity contribution is -0.150. The van der Waals surface area contributed by atoms with Gasteiger partial charge in [-0.2, -0.15) is 0 Å². The van der Waals surface area contributed by atoms with E-state index in [1.165, 1.54) is 0 Å². The summed E-state index contributed by atoms with van der Waals surface area (Å²) in [5.74, 6) is -0.652. The minimum absolute atomic E-state index is 0.116. The fraction of sp³-hybridized carbons (Fsp3) is 0.818. The molecule has 0 saturated carbocycles. The van der Waals surface area contributed by atoms with Gasteiger partial charge >= 0.3 is 11.9 Å². The van der Waals surface area contributed by atoms with E-state index in [0.717, 1.165) is 19.3 Å². The number of carbonyl (C=O) groups excluding carboxylic acids is 2. The van der Waals surface area contributed by atoms with Crippen LogP contribution >= 0.6 is 0 Å². The van der Waals surface area contributed by atoms with Crippen LogP contribution in [0.1, 0.15) is 46.0 Å². The van der Waals surface area contributed by atoms with Gasteiger partial charge in [0.25, 0.3) is 0 Å². The first kappa shape index (κ1) is 13.9. The molecule has 88 valence electrons. The van der Waals surface area contributed by atoms with E-state index in [9.17, 15) is 9.59 Å². The first-order valence-electron chi connectivity index (χ1n) is 5.52. The van der Waals surface area contributed by atoms with Crippen molar-refractivity contribution in [2.75, 3.05) is 13.2 Å². The molecule has 0 bridgehead atoms. The van der Waals surface area contributed by atoms with Crippen LogP contribution in [0.3, 0.4) is 0 Å². The lowest BCUT2D eigenvalue weighted by atomic mass is 10.3. The van der Waals surface area contributed by atoms with Crippen molar-refractivity contribution in [3.05, 3.63) is 0 Å². The summed E-state index contributed by atoms with van der Waals surface area (Å²) in [6, 6.07) is 0. The molecule has 0 aromatic carbocycles. The van der Waals surface area contributed by atoms with Crippen molar-refractivity contribution < 1.29 is 19.1 Å². The Morgan fingerprint density at radius 1 is 0.867 bits per heavy atom. The number of hydrogen-bond donors (Lipinski definition) is 0. The number of hydrogen-bond acceptors (Lipinski definition) is 4. The van der Waals surface area contributed by atoms with Crippen LogP contribution in [0.2, 0.25) is 0 Å². The van der Waals surface area contributed by atoms with E-state index in [-0.39, 0.29) is 24.8 Å². The second-order valence-corrected chi connectivity index (χ2v) is 3.29. The third-order valence-electron chi connectivity index (χ3n) is 1.76. The molecule has 0 spiro atoms. The molecule has 0 N–H and O–H groups in total. The van der Waals surface area contributed by atoms with Gasteiger partial charge in [-0.25, -0.2) is 0 Å². The van der Waals surface area contributed by atoms with Crippen LogP contribution in [0.25, 0.3) is 0 Å². The molecule has 0 aromatic rings. The van der Waals surface area contributed by atoms with Crippen LogP contribution in [0, 0.1) is 0 Å². The molecule has 0 radical (unpaired) electrons. The van der Waals surface area contributed by atoms with Gasteiger partial charge in [0.15, 0.2) is 0 Å². The number of carbonyl (C=O) groups is 2. The topological polar surface area (TPSA) is 52.6 Å². The lowest BCUT2D eigenvalue weighted by Crippen LogP contribution is -2.11. The molecule has 0 aliphatic rings. The molecule has 0 rings (SSSR count). The van der Waals surface area contributed by atoms with Gasteiger partial charge in [0.05, 0.1) is 26.1 Å². The Morgan fingerprint density at radius 3 is 1.87 bits per heavy atom. The normalized spacial score (nSPS) is 9.73. The summed E-state index contributed by atoms with van der Waals surface area (Å²) in [5, 5.41) is 0. The van der Waals surface area contributed by atoms with Crippen molar-refractivity contribution in [2.24, 2.45) is 0 Å². The minimum atomic E-state index is -0.329. The average Bonchev–Trinajstić information content (AvgIpc) is 2.24. The predicted molar refractivity (Wildman–Crippen MR) is 56.4 cm³/mol. The van der Waals surface area contributed by atoms with Crippen molar-refractivity contribution in [1.82, 2.24) is 0 Å². The van der Waals surface area contributed by atoms with E-state index in [1.54, 1.807) is 0 Å². The molecular formula is C11H20O4. The summed E-state index contributed by atoms with van der Waals surface area (Å²) in [7, 11) is 0. The highest BCUT2D eigenvalue weighted by Gasteiger charge is 2.08. The zero-order valence-corrected chi connectivity index (χ0v) is 9.58. The summed E-state index contributed by atoms with van der Waals surface area (Å²) in [6.07, 6.45) is 2.89. The van der Waals surface area contributed by atoms with Gasteiger partial charge in [-0.15, -0.1) is 0 Å². The molecule has 4 heteroatoms. The highest BCUT2D eigenvalue weighted by Crippen LogP contribution is 1.98. The fourth-order valence-electron chi connectivity index (χ4n) is 0.895. The zero-order valence-electron chi connectivity index (χ0n) is 9.58. The van der Waals surface area contributed by atoms with Crippen LogP contribution in [-0.4, -0.2) is 25.2 Å². The van der Waals surface area contributed by atoms with Crippen LogP contribution in [0.5, 0.6) is 0 Å². The first-order chi connectivity index (χ1) is 7.20. The Morgan fingerprint density at radius 2 is 1.40 bits per heavy atom. The second-order valence-electron chi connectivity index (χ2n) is 3.29. The van der Waals surface area contributed by atoms with E-state index in [1.807, 2.05) is 13.8 Å². The largest absolute Gasteiger partial charge is 0.466 e. The molecule has 0 amide bonds. The van der Waals surface area contributed by atoms with E-state index >= 15 is 0 Å². The van der Waals surface area contributed by atoms with Crippen molar-refractivity contribution in [3.63, 3.8) is 0 Å². The molecule has 0 aliphatic carbocycles. The summed E-state index contributed by atoms with van der Waals surface area (Å²) in [6.45, 7) is 4.81. The molecule has 0 fully saturated rings. The van der Waals surface area contributed by atoms with Crippen LogP contribution < -0.4 is 0 Å². The molecule has 0 heterocycles. The smallest absolute Gasteiger partial charge is 0.306 e. The molecule has 15 heavy (non-hydrogen) atoms. The molecule has 4 nitrogen and oxygen atoms in total. The standard InChI is InChI=1S/C11H20O4/c1-3-5-9-15-11(13)7-6-10(12)14-8-4-2/h3-9H2,1-2H3. The second kappa shape index (κ2) is 9.49. The highest BCUT2D eigenvalue weighted by atomic mass is 16.5. The maximum atomic E-state index is 11.1. The van der Waals surface area contributed by atoms with Crippen LogP contribution in [0.15, 0.2) is 0 Å². The lowest BCUT2D eigenvalue weighted by Gasteiger charge is -2.04. The Kier molecular flexibility index (Phi) is 8.82. The first-order valence-corrected chi connectivity index (χ1v) is 5.52. The van der Waals surface area contributed by atoms with E-state index in [2.05, 4.69) is 0 Å². The zero-order chi connectivity index (χ0) is 11.5. The number of unbranched alkanes of at least 4 members (excludes halogenated alkanes) is 1. The van der Waals surface area contributed by atoms with Crippen molar-refractivity contribution in [2.45, 2.75) is 46.0 Å². The van der Waals surface area contributed by atoms with Crippen molar-refractivity contribution in [3.8, 4) is 0 Å². The Balaban J connectivity index is 3.40. The molecule has 0 saturated heterocycles. The van der Waals surface area contributed by atoms with Crippen molar-refractivity contribution >= 4 is 11.9 Å². The third-order valence-corrected chi connectivity index (χ3v) is 1.76. The van der Waals surface area contributed by atoms with E-state index in [0.29, 0.717) is 13.2 Å². The van der Waals surface area contributed by atoms with Gasteiger partial charge in [0.1, 0.15) is 0 Å². The number of esters is 2. The Labute approximate surface area is 90.9 Å². The Bertz CT molecular complexity index is 189. The van der Waals surface area contributed by atoms with Gasteiger partial charge in [-0.3, -0.25) is 9.59 Å². The van der Waals surface area contributed by atoms with Gasteiger partial charge in [-0.05, 0) is 12.8 Å². The molecule has 0 unspecified atom stereocenters. The fourth-order valence-corrected chi connectivity index (χ4v) is 0.895. The van der Waals surface area contributed by atoms with Gasteiger partial charge in [-0.1, -0.05) is 20.3 Å². The van der Waals surface area contributed by atoms with Crippen molar-refractivity contribution in [1.29, 1.82) is 0 Å². The molecule has 0 aliphatic heterocycles. The molecular weight excluding hydrogens is 196 g/mol. The number of rotatable bonds is 8. The maximum Gasteiger partial charge on any atom is 0.306 e. The van der Waals surface area contributed by atoms with Crippen LogP contribution in [0.4, 0.5) is 0 Å². The molecule has 0 atom stereocenters. The Hall–Kier alpha value is -1.06. The monoisotopic (exact) mass is 216 g/mol. The summed E-state index contributed by atoms with van der Waals surface area (Å²) in [4.78, 5) is 22.1. The van der Waals surface area contributed by atoms with Gasteiger partial charge in [0.2, 0.25) is 0 Å². The van der Waals surface area contributed by atoms with Gasteiger partial charge < -0.3 is 9.47 Å². The summed E-state index contributed by atoms with van der Waals surface area (Å²) < 4.78 is 9.71. The number of ether oxygens (including phenoxy) is 2. The van der Waals surface area contributed by atoms with Gasteiger partial charge in [0, 0.05) is 0 Å². The summed E-state index contributed by atoms with van der Waals surface area (Å²) in [5.41, 5.74) is 0. The molecule has 0 aromatic heterocycles. The van der Waals surface area contributed by atoms with E-state index < -0.39 is 0 Å². The SMILES string of the molecule is CCCCOC(=O)CCC(=O)OCCC. The summed E-state index contributed by atoms with van der Waals surface area (Å²) >= 11 is 0. The average molecular weight is 216 g/mol. The predicted octanol–water partition coefficient (Wildman–Crippen LogP) is 2.06. The third kappa shape index (κ3) is 9.25. The van der Waals surface area contributed by atoms with E-state index in [4.69, 9.17) is 9.47 Å². The van der Waals surface area contributed by atoms with Crippen LogP contribution in [-0.2, 0) is 19.1 Å². The maximum absolute atomic E-state index is 11.1.